The van der Waals surface area contributed by atoms with Crippen molar-refractivity contribution < 1.29 is 9.59 Å². The van der Waals surface area contributed by atoms with E-state index in [9.17, 15) is 9.59 Å². The van der Waals surface area contributed by atoms with Crippen LogP contribution in [-0.2, 0) is 4.79 Å². The highest BCUT2D eigenvalue weighted by Crippen LogP contribution is 2.20. The second-order valence-corrected chi connectivity index (χ2v) is 7.61. The molecule has 2 aromatic rings. The van der Waals surface area contributed by atoms with E-state index in [2.05, 4.69) is 15.2 Å². The summed E-state index contributed by atoms with van der Waals surface area (Å²) in [5.41, 5.74) is 3.32. The molecule has 2 amide bonds. The van der Waals surface area contributed by atoms with Crippen LogP contribution in [-0.4, -0.2) is 65.4 Å². The maximum atomic E-state index is 12.9. The van der Waals surface area contributed by atoms with Gasteiger partial charge < -0.3 is 10.2 Å². The molecule has 1 aliphatic carbocycles. The fourth-order valence-corrected chi connectivity index (χ4v) is 3.54. The molecule has 6 heteroatoms. The monoisotopic (exact) mass is 378 g/mol. The van der Waals surface area contributed by atoms with Gasteiger partial charge in [-0.05, 0) is 31.9 Å². The quantitative estimate of drug-likeness (QED) is 0.865. The van der Waals surface area contributed by atoms with Crippen LogP contribution in [0.15, 0.2) is 42.5 Å². The van der Waals surface area contributed by atoms with E-state index in [1.807, 2.05) is 54.3 Å². The van der Waals surface area contributed by atoms with Crippen molar-refractivity contribution in [1.29, 1.82) is 0 Å². The van der Waals surface area contributed by atoms with Crippen LogP contribution in [0.2, 0.25) is 0 Å². The summed E-state index contributed by atoms with van der Waals surface area (Å²) < 4.78 is 0. The van der Waals surface area contributed by atoms with Gasteiger partial charge in [-0.3, -0.25) is 19.5 Å². The molecule has 0 bridgehead atoms. The Bertz CT molecular complexity index is 856. The minimum Gasteiger partial charge on any atom is -0.352 e. The molecule has 0 radical (unpaired) electrons. The highest BCUT2D eigenvalue weighted by Gasteiger charge is 2.27. The van der Waals surface area contributed by atoms with Gasteiger partial charge in [-0.25, -0.2) is 0 Å². The van der Waals surface area contributed by atoms with Crippen LogP contribution in [0.5, 0.6) is 0 Å². The molecule has 1 N–H and O–H groups in total. The molecule has 1 aliphatic heterocycles. The summed E-state index contributed by atoms with van der Waals surface area (Å²) in [5.74, 6) is 0.116. The van der Waals surface area contributed by atoms with Crippen molar-refractivity contribution >= 4 is 11.8 Å². The van der Waals surface area contributed by atoms with Crippen molar-refractivity contribution in [3.05, 3.63) is 53.7 Å². The molecule has 0 unspecified atom stereocenters. The first-order valence-corrected chi connectivity index (χ1v) is 9.94. The van der Waals surface area contributed by atoms with E-state index in [0.29, 0.717) is 31.2 Å². The Hall–Kier alpha value is -2.73. The lowest BCUT2D eigenvalue weighted by atomic mass is 10.1. The molecule has 1 aromatic carbocycles. The molecule has 2 heterocycles. The lowest BCUT2D eigenvalue weighted by Crippen LogP contribution is -2.51. The summed E-state index contributed by atoms with van der Waals surface area (Å²) in [4.78, 5) is 33.5. The zero-order chi connectivity index (χ0) is 19.5. The number of pyridine rings is 1. The number of nitrogens with one attached hydrogen (secondary N) is 1. The van der Waals surface area contributed by atoms with E-state index in [1.54, 1.807) is 0 Å². The molecule has 28 heavy (non-hydrogen) atoms. The van der Waals surface area contributed by atoms with Crippen LogP contribution in [0.1, 0.15) is 28.9 Å². The Labute approximate surface area is 165 Å². The molecule has 4 rings (SSSR count). The zero-order valence-corrected chi connectivity index (χ0v) is 16.2. The minimum absolute atomic E-state index is 0.0201. The highest BCUT2D eigenvalue weighted by atomic mass is 16.2. The number of aromatic nitrogens is 1. The van der Waals surface area contributed by atoms with Crippen LogP contribution >= 0.6 is 0 Å². The normalized spacial score (nSPS) is 17.4. The van der Waals surface area contributed by atoms with Crippen molar-refractivity contribution in [1.82, 2.24) is 20.1 Å². The Kier molecular flexibility index (Phi) is 5.39. The van der Waals surface area contributed by atoms with Crippen molar-refractivity contribution in [2.45, 2.75) is 25.8 Å². The number of hydrogen-bond donors (Lipinski definition) is 1. The molecule has 1 saturated heterocycles. The van der Waals surface area contributed by atoms with Gasteiger partial charge in [0.15, 0.2) is 0 Å². The van der Waals surface area contributed by atoms with Gasteiger partial charge in [0.2, 0.25) is 5.91 Å². The smallest absolute Gasteiger partial charge is 0.255 e. The van der Waals surface area contributed by atoms with Crippen molar-refractivity contribution in [2.75, 3.05) is 32.7 Å². The summed E-state index contributed by atoms with van der Waals surface area (Å²) in [7, 11) is 0. The van der Waals surface area contributed by atoms with Gasteiger partial charge in [0.1, 0.15) is 0 Å². The van der Waals surface area contributed by atoms with Crippen LogP contribution in [0.25, 0.3) is 11.3 Å². The Balaban J connectivity index is 1.35. The Morgan fingerprint density at radius 3 is 2.39 bits per heavy atom. The van der Waals surface area contributed by atoms with Gasteiger partial charge >= 0.3 is 0 Å². The number of carbonyl (C=O) groups is 2. The number of rotatable bonds is 5. The minimum atomic E-state index is 0.0201. The maximum absolute atomic E-state index is 12.9. The number of aryl methyl sites for hydroxylation is 1. The third-order valence-electron chi connectivity index (χ3n) is 5.35. The summed E-state index contributed by atoms with van der Waals surface area (Å²) in [5, 5.41) is 3.02. The van der Waals surface area contributed by atoms with Gasteiger partial charge in [0.05, 0.1) is 23.5 Å². The van der Waals surface area contributed by atoms with Gasteiger partial charge in [0, 0.05) is 37.8 Å². The molecule has 1 saturated carbocycles. The summed E-state index contributed by atoms with van der Waals surface area (Å²) >= 11 is 0. The number of hydrogen-bond acceptors (Lipinski definition) is 4. The highest BCUT2D eigenvalue weighted by molar-refractivity contribution is 5.95. The second-order valence-electron chi connectivity index (χ2n) is 7.61. The number of benzene rings is 1. The predicted octanol–water partition coefficient (Wildman–Crippen LogP) is 2.09. The predicted molar refractivity (Wildman–Crippen MR) is 108 cm³/mol. The molecule has 2 fully saturated rings. The molecule has 0 atom stereocenters. The third-order valence-corrected chi connectivity index (χ3v) is 5.35. The average molecular weight is 378 g/mol. The SMILES string of the molecule is Cc1nc(-c2ccccc2)ccc1C(=O)N1CCN(CC(=O)NC2CC2)CC1. The number of piperazine rings is 1. The summed E-state index contributed by atoms with van der Waals surface area (Å²) in [6, 6.07) is 14.2. The van der Waals surface area contributed by atoms with Crippen LogP contribution in [0, 0.1) is 6.92 Å². The number of nitrogens with zero attached hydrogens (tertiary/aromatic N) is 3. The molecule has 2 aliphatic rings. The number of carbonyl (C=O) groups excluding carboxylic acids is 2. The summed E-state index contributed by atoms with van der Waals surface area (Å²) in [6.45, 7) is 5.02. The fraction of sp³-hybridized carbons (Fsp3) is 0.409. The van der Waals surface area contributed by atoms with Gasteiger partial charge in [-0.15, -0.1) is 0 Å². The molecule has 6 nitrogen and oxygen atoms in total. The third kappa shape index (κ3) is 4.39. The Morgan fingerprint density at radius 1 is 1.04 bits per heavy atom. The largest absolute Gasteiger partial charge is 0.352 e. The van der Waals surface area contributed by atoms with Crippen molar-refractivity contribution in [3.8, 4) is 11.3 Å². The van der Waals surface area contributed by atoms with E-state index in [0.717, 1.165) is 42.9 Å². The number of amides is 2. The van der Waals surface area contributed by atoms with Crippen LogP contribution in [0.3, 0.4) is 0 Å². The Morgan fingerprint density at radius 2 is 1.75 bits per heavy atom. The van der Waals surface area contributed by atoms with E-state index >= 15 is 0 Å². The summed E-state index contributed by atoms with van der Waals surface area (Å²) in [6.07, 6.45) is 2.20. The molecular formula is C22H26N4O2. The first kappa shape index (κ1) is 18.6. The lowest BCUT2D eigenvalue weighted by molar-refractivity contribution is -0.122. The topological polar surface area (TPSA) is 65.5 Å². The first-order valence-electron chi connectivity index (χ1n) is 9.94. The van der Waals surface area contributed by atoms with E-state index in [1.165, 1.54) is 0 Å². The van der Waals surface area contributed by atoms with Crippen molar-refractivity contribution in [2.24, 2.45) is 0 Å². The first-order chi connectivity index (χ1) is 13.6. The average Bonchev–Trinajstić information content (AvgIpc) is 3.52. The molecule has 146 valence electrons. The lowest BCUT2D eigenvalue weighted by Gasteiger charge is -2.34. The fourth-order valence-electron chi connectivity index (χ4n) is 3.54. The van der Waals surface area contributed by atoms with Gasteiger partial charge in [-0.2, -0.15) is 0 Å². The van der Waals surface area contributed by atoms with E-state index < -0.39 is 0 Å². The van der Waals surface area contributed by atoms with Crippen molar-refractivity contribution in [3.63, 3.8) is 0 Å². The molecular weight excluding hydrogens is 352 g/mol. The van der Waals surface area contributed by atoms with Gasteiger partial charge in [-0.1, -0.05) is 30.3 Å². The van der Waals surface area contributed by atoms with E-state index in [-0.39, 0.29) is 11.8 Å². The second kappa shape index (κ2) is 8.10. The van der Waals surface area contributed by atoms with Crippen LogP contribution < -0.4 is 5.32 Å². The van der Waals surface area contributed by atoms with Gasteiger partial charge in [0.25, 0.3) is 5.91 Å². The van der Waals surface area contributed by atoms with Crippen LogP contribution in [0.4, 0.5) is 0 Å². The molecule has 1 aromatic heterocycles. The molecule has 0 spiro atoms. The maximum Gasteiger partial charge on any atom is 0.255 e. The van der Waals surface area contributed by atoms with E-state index in [4.69, 9.17) is 0 Å². The standard InChI is InChI=1S/C22H26N4O2/c1-16-19(9-10-20(23-16)17-5-3-2-4-6-17)22(28)26-13-11-25(12-14-26)15-21(27)24-18-7-8-18/h2-6,9-10,18H,7-8,11-15H2,1H3,(H,24,27). The zero-order valence-electron chi connectivity index (χ0n) is 16.2.